The van der Waals surface area contributed by atoms with Crippen LogP contribution in [0.2, 0.25) is 0 Å². The number of halogens is 3. The van der Waals surface area contributed by atoms with Crippen molar-refractivity contribution in [1.82, 2.24) is 15.3 Å². The third kappa shape index (κ3) is 6.16. The van der Waals surface area contributed by atoms with E-state index in [9.17, 15) is 22.8 Å². The minimum atomic E-state index is -4.62. The molecule has 158 valence electrons. The Hall–Kier alpha value is -3.68. The highest BCUT2D eigenvalue weighted by molar-refractivity contribution is 5.96. The first-order valence-corrected chi connectivity index (χ1v) is 8.81. The van der Waals surface area contributed by atoms with Crippen molar-refractivity contribution in [2.45, 2.75) is 26.4 Å². The van der Waals surface area contributed by atoms with Crippen molar-refractivity contribution in [3.05, 3.63) is 46.8 Å². The van der Waals surface area contributed by atoms with Gasteiger partial charge in [-0.15, -0.1) is 0 Å². The number of anilines is 1. The number of ether oxygens (including phenoxy) is 1. The van der Waals surface area contributed by atoms with Gasteiger partial charge < -0.3 is 15.4 Å². The molecule has 0 aliphatic rings. The number of aryl methyl sites for hydroxylation is 1. The van der Waals surface area contributed by atoms with Crippen LogP contribution in [0.3, 0.4) is 0 Å². The lowest BCUT2D eigenvalue weighted by atomic mass is 10.2. The fraction of sp³-hybridized carbons (Fsp3) is 0.316. The summed E-state index contributed by atoms with van der Waals surface area (Å²) in [6.45, 7) is 3.23. The Balaban J connectivity index is 1.96. The van der Waals surface area contributed by atoms with E-state index < -0.39 is 17.6 Å². The molecule has 2 aromatic heterocycles. The van der Waals surface area contributed by atoms with Gasteiger partial charge >= 0.3 is 6.18 Å². The molecule has 11 heteroatoms. The first-order valence-electron chi connectivity index (χ1n) is 8.81. The van der Waals surface area contributed by atoms with Gasteiger partial charge in [0.15, 0.2) is 0 Å². The van der Waals surface area contributed by atoms with Crippen LogP contribution in [0, 0.1) is 18.3 Å². The van der Waals surface area contributed by atoms with E-state index in [0.717, 1.165) is 0 Å². The fourth-order valence-corrected chi connectivity index (χ4v) is 2.31. The van der Waals surface area contributed by atoms with Crippen LogP contribution in [0.25, 0.3) is 0 Å². The van der Waals surface area contributed by atoms with E-state index in [-0.39, 0.29) is 48.3 Å². The Morgan fingerprint density at radius 2 is 2.00 bits per heavy atom. The van der Waals surface area contributed by atoms with Gasteiger partial charge in [0.2, 0.25) is 11.8 Å². The molecule has 0 saturated heterocycles. The van der Waals surface area contributed by atoms with E-state index >= 15 is 0 Å². The molecule has 0 saturated carbocycles. The van der Waals surface area contributed by atoms with Gasteiger partial charge in [-0.3, -0.25) is 9.59 Å². The van der Waals surface area contributed by atoms with Gasteiger partial charge in [-0.2, -0.15) is 18.4 Å². The molecule has 0 aliphatic carbocycles. The molecule has 0 unspecified atom stereocenters. The lowest BCUT2D eigenvalue weighted by Crippen LogP contribution is -2.28. The number of amides is 2. The molecule has 30 heavy (non-hydrogen) atoms. The van der Waals surface area contributed by atoms with E-state index in [1.807, 2.05) is 0 Å². The molecular weight excluding hydrogens is 403 g/mol. The number of hydrogen-bond donors (Lipinski definition) is 2. The third-order valence-electron chi connectivity index (χ3n) is 3.73. The number of pyridine rings is 2. The van der Waals surface area contributed by atoms with Crippen LogP contribution in [0.15, 0.2) is 24.4 Å². The zero-order chi connectivity index (χ0) is 22.3. The number of nitriles is 1. The van der Waals surface area contributed by atoms with Crippen molar-refractivity contribution < 1.29 is 27.5 Å². The molecule has 2 N–H and O–H groups in total. The Kier molecular flexibility index (Phi) is 7.30. The Morgan fingerprint density at radius 3 is 2.63 bits per heavy atom. The first-order chi connectivity index (χ1) is 14.1. The van der Waals surface area contributed by atoms with Gasteiger partial charge in [-0.05, 0) is 25.1 Å². The van der Waals surface area contributed by atoms with Crippen LogP contribution < -0.4 is 15.4 Å². The molecule has 2 amide bonds. The number of rotatable bonds is 7. The van der Waals surface area contributed by atoms with Crippen molar-refractivity contribution in [3.8, 4) is 11.9 Å². The van der Waals surface area contributed by atoms with Crippen molar-refractivity contribution >= 4 is 17.6 Å². The number of nitrogens with zero attached hydrogens (tertiary/aromatic N) is 3. The monoisotopic (exact) mass is 421 g/mol. The summed E-state index contributed by atoms with van der Waals surface area (Å²) in [7, 11) is 0. The summed E-state index contributed by atoms with van der Waals surface area (Å²) < 4.78 is 43.2. The zero-order valence-corrected chi connectivity index (χ0v) is 16.1. The molecule has 2 heterocycles. The van der Waals surface area contributed by atoms with E-state index in [1.165, 1.54) is 12.1 Å². The summed E-state index contributed by atoms with van der Waals surface area (Å²) in [4.78, 5) is 31.4. The summed E-state index contributed by atoms with van der Waals surface area (Å²) in [5, 5.41) is 14.1. The topological polar surface area (TPSA) is 117 Å². The van der Waals surface area contributed by atoms with Crippen molar-refractivity contribution in [1.29, 1.82) is 5.26 Å². The average molecular weight is 421 g/mol. The second-order valence-corrected chi connectivity index (χ2v) is 6.07. The predicted octanol–water partition coefficient (Wildman–Crippen LogP) is 2.83. The largest absolute Gasteiger partial charge is 0.475 e. The van der Waals surface area contributed by atoms with Gasteiger partial charge in [-0.1, -0.05) is 6.92 Å². The smallest absolute Gasteiger partial charge is 0.417 e. The molecule has 0 fully saturated rings. The lowest BCUT2D eigenvalue weighted by Gasteiger charge is -2.11. The minimum absolute atomic E-state index is 0.00439. The number of carbonyl (C=O) groups excluding carboxylic acids is 2. The normalized spacial score (nSPS) is 10.8. The molecule has 2 rings (SSSR count). The van der Waals surface area contributed by atoms with Crippen LogP contribution in [0.5, 0.6) is 5.88 Å². The molecular formula is C19H18F3N5O3. The maximum atomic E-state index is 12.7. The highest BCUT2D eigenvalue weighted by Crippen LogP contribution is 2.30. The number of nitrogens with one attached hydrogen (secondary N) is 2. The molecule has 0 atom stereocenters. The van der Waals surface area contributed by atoms with Crippen LogP contribution in [-0.4, -0.2) is 34.9 Å². The number of alkyl halides is 3. The second kappa shape index (κ2) is 9.69. The van der Waals surface area contributed by atoms with E-state index in [2.05, 4.69) is 20.6 Å². The maximum absolute atomic E-state index is 12.7. The van der Waals surface area contributed by atoms with Crippen molar-refractivity contribution in [2.75, 3.05) is 18.5 Å². The molecule has 0 spiro atoms. The van der Waals surface area contributed by atoms with E-state index in [4.69, 9.17) is 10.00 Å². The molecule has 0 bridgehead atoms. The van der Waals surface area contributed by atoms with Gasteiger partial charge in [0.25, 0.3) is 5.91 Å². The van der Waals surface area contributed by atoms with E-state index in [0.29, 0.717) is 18.0 Å². The summed E-state index contributed by atoms with van der Waals surface area (Å²) in [5.74, 6) is -0.720. The predicted molar refractivity (Wildman–Crippen MR) is 99.7 cm³/mol. The quantitative estimate of drug-likeness (QED) is 0.664. The SMILES string of the molecule is CCC(=O)Nc1cc(C(=O)NCCOc2ncc(C(F)(F)F)cc2C#N)cc(C)n1. The van der Waals surface area contributed by atoms with Crippen molar-refractivity contribution in [2.24, 2.45) is 0 Å². The van der Waals surface area contributed by atoms with Crippen LogP contribution in [-0.2, 0) is 11.0 Å². The number of hydrogen-bond acceptors (Lipinski definition) is 6. The molecule has 0 aromatic carbocycles. The average Bonchev–Trinajstić information content (AvgIpc) is 2.69. The lowest BCUT2D eigenvalue weighted by molar-refractivity contribution is -0.137. The fourth-order valence-electron chi connectivity index (χ4n) is 2.31. The summed E-state index contributed by atoms with van der Waals surface area (Å²) in [6.07, 6.45) is -3.79. The highest BCUT2D eigenvalue weighted by Gasteiger charge is 2.32. The van der Waals surface area contributed by atoms with Crippen LogP contribution in [0.1, 0.15) is 40.5 Å². The van der Waals surface area contributed by atoms with Gasteiger partial charge in [0.1, 0.15) is 24.1 Å². The second-order valence-electron chi connectivity index (χ2n) is 6.07. The summed E-state index contributed by atoms with van der Waals surface area (Å²) >= 11 is 0. The van der Waals surface area contributed by atoms with Gasteiger partial charge in [0.05, 0.1) is 12.1 Å². The van der Waals surface area contributed by atoms with Gasteiger partial charge in [-0.25, -0.2) is 9.97 Å². The molecule has 2 aromatic rings. The standard InChI is InChI=1S/C19H18F3N5O3/c1-3-16(28)27-15-8-12(6-11(2)26-15)17(29)24-4-5-30-18-13(9-23)7-14(10-25-18)19(20,21)22/h6-8,10H,3-5H2,1-2H3,(H,24,29)(H,26,27,28). The Labute approximate surface area is 170 Å². The third-order valence-corrected chi connectivity index (χ3v) is 3.73. The summed E-state index contributed by atoms with van der Waals surface area (Å²) in [6, 6.07) is 5.20. The van der Waals surface area contributed by atoms with Crippen LogP contribution in [0.4, 0.5) is 19.0 Å². The minimum Gasteiger partial charge on any atom is -0.475 e. The van der Waals surface area contributed by atoms with Crippen LogP contribution >= 0.6 is 0 Å². The zero-order valence-electron chi connectivity index (χ0n) is 16.1. The van der Waals surface area contributed by atoms with Gasteiger partial charge in [0, 0.05) is 23.9 Å². The number of carbonyl (C=O) groups is 2. The summed E-state index contributed by atoms with van der Waals surface area (Å²) in [5.41, 5.74) is -0.631. The van der Waals surface area contributed by atoms with E-state index in [1.54, 1.807) is 19.9 Å². The maximum Gasteiger partial charge on any atom is 0.417 e. The molecule has 8 nitrogen and oxygen atoms in total. The molecule has 0 radical (unpaired) electrons. The Morgan fingerprint density at radius 1 is 1.27 bits per heavy atom. The molecule has 0 aliphatic heterocycles. The number of aromatic nitrogens is 2. The Bertz CT molecular complexity index is 986. The van der Waals surface area contributed by atoms with Crippen molar-refractivity contribution in [3.63, 3.8) is 0 Å². The highest BCUT2D eigenvalue weighted by atomic mass is 19.4. The first kappa shape index (κ1) is 22.6.